The number of carbonyl (C=O) groups excluding carboxylic acids is 1. The molecule has 0 unspecified atom stereocenters. The highest BCUT2D eigenvalue weighted by Gasteiger charge is 2.63. The summed E-state index contributed by atoms with van der Waals surface area (Å²) in [7, 11) is 0.827. The summed E-state index contributed by atoms with van der Waals surface area (Å²) in [6.07, 6.45) is -6.14. The molecule has 0 bridgehead atoms. The van der Waals surface area contributed by atoms with E-state index in [0.717, 1.165) is 7.11 Å². The van der Waals surface area contributed by atoms with Crippen LogP contribution in [0.25, 0.3) is 0 Å². The molecule has 0 heterocycles. The van der Waals surface area contributed by atoms with Crippen LogP contribution in [0, 0.1) is 11.6 Å². The number of rotatable bonds is 3. The first kappa shape index (κ1) is 15.3. The Labute approximate surface area is 101 Å². The SMILES string of the molecule is COc1cc(C(=O)C(F)(F)C(F)(F)F)cc(F)c1F. The summed E-state index contributed by atoms with van der Waals surface area (Å²) in [5.74, 6) is -12.7. The molecule has 0 spiro atoms. The molecule has 106 valence electrons. The number of hydrogen-bond donors (Lipinski definition) is 0. The van der Waals surface area contributed by atoms with Crippen molar-refractivity contribution in [3.8, 4) is 5.75 Å². The topological polar surface area (TPSA) is 26.3 Å². The zero-order valence-electron chi connectivity index (χ0n) is 9.12. The van der Waals surface area contributed by atoms with Crippen molar-refractivity contribution in [1.82, 2.24) is 0 Å². The van der Waals surface area contributed by atoms with Gasteiger partial charge in [-0.3, -0.25) is 4.79 Å². The van der Waals surface area contributed by atoms with Gasteiger partial charge in [0.05, 0.1) is 7.11 Å². The highest BCUT2D eigenvalue weighted by Crippen LogP contribution is 2.38. The number of ether oxygens (including phenoxy) is 1. The van der Waals surface area contributed by atoms with Crippen molar-refractivity contribution in [1.29, 1.82) is 0 Å². The number of Topliss-reactive ketones (excluding diaryl/α,β-unsaturated/α-hetero) is 1. The van der Waals surface area contributed by atoms with Gasteiger partial charge in [-0.1, -0.05) is 0 Å². The predicted octanol–water partition coefficient (Wildman–Crippen LogP) is 3.35. The Balaban J connectivity index is 3.32. The van der Waals surface area contributed by atoms with Gasteiger partial charge in [0.1, 0.15) is 0 Å². The first-order valence-electron chi connectivity index (χ1n) is 4.54. The second kappa shape index (κ2) is 4.71. The predicted molar refractivity (Wildman–Crippen MR) is 48.2 cm³/mol. The van der Waals surface area contributed by atoms with Crippen LogP contribution < -0.4 is 4.74 Å². The molecule has 0 radical (unpaired) electrons. The van der Waals surface area contributed by atoms with Gasteiger partial charge in [0, 0.05) is 5.56 Å². The van der Waals surface area contributed by atoms with Gasteiger partial charge in [-0.05, 0) is 12.1 Å². The van der Waals surface area contributed by atoms with Crippen LogP contribution in [0.1, 0.15) is 10.4 Å². The lowest BCUT2D eigenvalue weighted by molar-refractivity contribution is -0.255. The van der Waals surface area contributed by atoms with Crippen LogP contribution in [-0.4, -0.2) is 25.0 Å². The molecule has 0 aliphatic carbocycles. The summed E-state index contributed by atoms with van der Waals surface area (Å²) >= 11 is 0. The van der Waals surface area contributed by atoms with Gasteiger partial charge in [-0.15, -0.1) is 0 Å². The molecule has 0 aliphatic rings. The number of carbonyl (C=O) groups is 1. The maximum absolute atomic E-state index is 13.0. The zero-order valence-corrected chi connectivity index (χ0v) is 9.12. The fraction of sp³-hybridized carbons (Fsp3) is 0.300. The maximum Gasteiger partial charge on any atom is 0.461 e. The monoisotopic (exact) mass is 290 g/mol. The van der Waals surface area contributed by atoms with E-state index in [-0.39, 0.29) is 12.1 Å². The fourth-order valence-corrected chi connectivity index (χ4v) is 1.15. The normalized spacial score (nSPS) is 12.4. The molecule has 0 saturated heterocycles. The number of ketones is 1. The number of alkyl halides is 5. The Bertz CT molecular complexity index is 507. The molecular formula is C10H5F7O2. The largest absolute Gasteiger partial charge is 0.494 e. The quantitative estimate of drug-likeness (QED) is 0.630. The van der Waals surface area contributed by atoms with Crippen LogP contribution in [0.3, 0.4) is 0 Å². The highest BCUT2D eigenvalue weighted by atomic mass is 19.4. The van der Waals surface area contributed by atoms with Crippen LogP contribution in [0.2, 0.25) is 0 Å². The van der Waals surface area contributed by atoms with E-state index >= 15 is 0 Å². The summed E-state index contributed by atoms with van der Waals surface area (Å²) in [4.78, 5) is 11.0. The Morgan fingerprint density at radius 2 is 1.63 bits per heavy atom. The lowest BCUT2D eigenvalue weighted by atomic mass is 10.0. The standard InChI is InChI=1S/C10H5F7O2/c1-19-6-3-4(2-5(11)7(6)12)8(18)9(13,14)10(15,16)17/h2-3H,1H3. The van der Waals surface area contributed by atoms with Crippen molar-refractivity contribution in [2.75, 3.05) is 7.11 Å². The van der Waals surface area contributed by atoms with Crippen molar-refractivity contribution in [3.63, 3.8) is 0 Å². The molecule has 0 aromatic heterocycles. The first-order chi connectivity index (χ1) is 8.52. The minimum Gasteiger partial charge on any atom is -0.494 e. The van der Waals surface area contributed by atoms with E-state index in [1.807, 2.05) is 0 Å². The second-order valence-electron chi connectivity index (χ2n) is 3.38. The fourth-order valence-electron chi connectivity index (χ4n) is 1.15. The smallest absolute Gasteiger partial charge is 0.461 e. The van der Waals surface area contributed by atoms with E-state index in [1.165, 1.54) is 0 Å². The van der Waals surface area contributed by atoms with Gasteiger partial charge < -0.3 is 4.74 Å². The molecule has 0 amide bonds. The number of benzene rings is 1. The van der Waals surface area contributed by atoms with E-state index in [0.29, 0.717) is 0 Å². The van der Waals surface area contributed by atoms with Crippen molar-refractivity contribution in [2.45, 2.75) is 12.1 Å². The summed E-state index contributed by atoms with van der Waals surface area (Å²) in [6.45, 7) is 0. The molecular weight excluding hydrogens is 285 g/mol. The Hall–Kier alpha value is -1.80. The summed E-state index contributed by atoms with van der Waals surface area (Å²) in [5, 5.41) is 0. The van der Waals surface area contributed by atoms with Crippen molar-refractivity contribution in [2.24, 2.45) is 0 Å². The molecule has 0 aliphatic heterocycles. The first-order valence-corrected chi connectivity index (χ1v) is 4.54. The molecule has 0 atom stereocenters. The van der Waals surface area contributed by atoms with E-state index in [1.54, 1.807) is 0 Å². The van der Waals surface area contributed by atoms with Crippen molar-refractivity contribution < 1.29 is 40.3 Å². The van der Waals surface area contributed by atoms with E-state index in [4.69, 9.17) is 0 Å². The van der Waals surface area contributed by atoms with Crippen LogP contribution in [-0.2, 0) is 0 Å². The molecule has 19 heavy (non-hydrogen) atoms. The van der Waals surface area contributed by atoms with Gasteiger partial charge in [-0.25, -0.2) is 4.39 Å². The lowest BCUT2D eigenvalue weighted by Crippen LogP contribution is -2.44. The van der Waals surface area contributed by atoms with Crippen LogP contribution in [0.15, 0.2) is 12.1 Å². The number of halogens is 7. The molecule has 0 N–H and O–H groups in total. The van der Waals surface area contributed by atoms with Crippen molar-refractivity contribution >= 4 is 5.78 Å². The number of methoxy groups -OCH3 is 1. The van der Waals surface area contributed by atoms with E-state index in [2.05, 4.69) is 4.74 Å². The van der Waals surface area contributed by atoms with Gasteiger partial charge in [0.2, 0.25) is 11.6 Å². The number of hydrogen-bond acceptors (Lipinski definition) is 2. The second-order valence-corrected chi connectivity index (χ2v) is 3.38. The zero-order chi connectivity index (χ0) is 15.0. The Kier molecular flexibility index (Phi) is 3.78. The molecule has 1 aromatic rings. The van der Waals surface area contributed by atoms with Crippen LogP contribution in [0.5, 0.6) is 5.75 Å². The highest BCUT2D eigenvalue weighted by molar-refractivity contribution is 6.02. The lowest BCUT2D eigenvalue weighted by Gasteiger charge is -2.18. The third-order valence-electron chi connectivity index (χ3n) is 2.12. The molecule has 0 fully saturated rings. The summed E-state index contributed by atoms with van der Waals surface area (Å²) in [5.41, 5.74) is -1.35. The van der Waals surface area contributed by atoms with Gasteiger partial charge in [0.15, 0.2) is 11.6 Å². The van der Waals surface area contributed by atoms with Gasteiger partial charge >= 0.3 is 12.1 Å². The molecule has 1 aromatic carbocycles. The molecule has 9 heteroatoms. The third kappa shape index (κ3) is 2.64. The average Bonchev–Trinajstić information content (AvgIpc) is 2.30. The third-order valence-corrected chi connectivity index (χ3v) is 2.12. The van der Waals surface area contributed by atoms with Crippen molar-refractivity contribution in [3.05, 3.63) is 29.3 Å². The van der Waals surface area contributed by atoms with E-state index in [9.17, 15) is 35.5 Å². The van der Waals surface area contributed by atoms with Gasteiger partial charge in [0.25, 0.3) is 0 Å². The Morgan fingerprint density at radius 1 is 1.11 bits per heavy atom. The maximum atomic E-state index is 13.0. The van der Waals surface area contributed by atoms with Gasteiger partial charge in [-0.2, -0.15) is 26.3 Å². The molecule has 2 nitrogen and oxygen atoms in total. The van der Waals surface area contributed by atoms with E-state index < -0.39 is 40.8 Å². The van der Waals surface area contributed by atoms with Crippen LogP contribution >= 0.6 is 0 Å². The molecule has 0 saturated carbocycles. The minimum absolute atomic E-state index is 0.0557. The summed E-state index contributed by atoms with van der Waals surface area (Å²) in [6, 6.07) is 0.209. The minimum atomic E-state index is -6.14. The van der Waals surface area contributed by atoms with Crippen LogP contribution in [0.4, 0.5) is 30.7 Å². The summed E-state index contributed by atoms with van der Waals surface area (Å²) < 4.78 is 91.5. The molecule has 1 rings (SSSR count). The average molecular weight is 290 g/mol. The Morgan fingerprint density at radius 3 is 2.05 bits per heavy atom.